The topological polar surface area (TPSA) is 0 Å². The molecule has 0 amide bonds. The molecule has 0 nitrogen and oxygen atoms in total. The van der Waals surface area contributed by atoms with Crippen LogP contribution in [0.4, 0.5) is 0 Å². The van der Waals surface area contributed by atoms with E-state index in [-0.39, 0.29) is 51.4 Å². The summed E-state index contributed by atoms with van der Waals surface area (Å²) in [6, 6.07) is 0. The Morgan fingerprint density at radius 1 is 1.67 bits per heavy atom. The number of hydrogen-bond donors (Lipinski definition) is 0. The van der Waals surface area contributed by atoms with E-state index in [2.05, 4.69) is 20.8 Å². The molecule has 1 atom stereocenters. The molecule has 0 fully saturated rings. The van der Waals surface area contributed by atoms with E-state index in [1.165, 1.54) is 6.42 Å². The van der Waals surface area contributed by atoms with Crippen LogP contribution in [0, 0.1) is 12.8 Å². The fourth-order valence-electron chi connectivity index (χ4n) is 0. The zero-order chi connectivity index (χ0) is 4.28. The molecule has 0 rings (SSSR count). The number of hydrogen-bond acceptors (Lipinski definition) is 0. The van der Waals surface area contributed by atoms with Crippen LogP contribution in [-0.2, 0) is 0 Å². The molecule has 6 heavy (non-hydrogen) atoms. The van der Waals surface area contributed by atoms with Crippen molar-refractivity contribution >= 4 is 0 Å². The minimum Gasteiger partial charge on any atom is -0.341 e. The van der Waals surface area contributed by atoms with Gasteiger partial charge in [0.05, 0.1) is 0 Å². The van der Waals surface area contributed by atoms with Gasteiger partial charge in [-0.2, -0.15) is 5.92 Å². The summed E-state index contributed by atoms with van der Waals surface area (Å²) in [5.74, 6) is 0.634. The second kappa shape index (κ2) is 6.64. The minimum absolute atomic E-state index is 0. The summed E-state index contributed by atoms with van der Waals surface area (Å²) in [7, 11) is 0. The van der Waals surface area contributed by atoms with Crippen molar-refractivity contribution < 1.29 is 51.4 Å². The van der Waals surface area contributed by atoms with Gasteiger partial charge in [0.2, 0.25) is 0 Å². The molecule has 0 aromatic heterocycles. The molecule has 0 bridgehead atoms. The molecule has 0 radical (unpaired) electrons. The maximum absolute atomic E-state index is 3.76. The predicted octanol–water partition coefficient (Wildman–Crippen LogP) is -1.13. The van der Waals surface area contributed by atoms with E-state index in [0.717, 1.165) is 0 Å². The van der Waals surface area contributed by atoms with Crippen LogP contribution in [0.2, 0.25) is 0 Å². The van der Waals surface area contributed by atoms with Crippen LogP contribution in [0.25, 0.3) is 0 Å². The van der Waals surface area contributed by atoms with Crippen LogP contribution < -0.4 is 51.4 Å². The normalized spacial score (nSPS) is 12.5. The van der Waals surface area contributed by atoms with Crippen molar-refractivity contribution in [3.63, 3.8) is 0 Å². The van der Waals surface area contributed by atoms with E-state index < -0.39 is 0 Å². The van der Waals surface area contributed by atoms with Gasteiger partial charge in [-0.05, 0) is 0 Å². The first-order chi connectivity index (χ1) is 2.27. The van der Waals surface area contributed by atoms with Crippen LogP contribution in [-0.4, -0.2) is 0 Å². The summed E-state index contributed by atoms with van der Waals surface area (Å²) in [5, 5.41) is 0. The average molecular weight is 110 g/mol. The molecular weight excluding hydrogens is 99.2 g/mol. The van der Waals surface area contributed by atoms with Crippen molar-refractivity contribution in [2.24, 2.45) is 5.92 Å². The molecule has 0 aliphatic carbocycles. The van der Waals surface area contributed by atoms with Gasteiger partial charge in [-0.15, -0.1) is 0 Å². The monoisotopic (exact) mass is 110 g/mol. The molecule has 0 spiro atoms. The number of rotatable bonds is 1. The van der Waals surface area contributed by atoms with E-state index in [0.29, 0.717) is 5.92 Å². The van der Waals surface area contributed by atoms with Gasteiger partial charge in [0.25, 0.3) is 0 Å². The maximum Gasteiger partial charge on any atom is 1.00 e. The van der Waals surface area contributed by atoms with Gasteiger partial charge < -0.3 is 6.92 Å². The molecule has 0 N–H and O–H groups in total. The van der Waals surface area contributed by atoms with Crippen LogP contribution in [0.5, 0.6) is 0 Å². The Kier molecular flexibility index (Phi) is 11.7. The van der Waals surface area contributed by atoms with E-state index in [9.17, 15) is 0 Å². The van der Waals surface area contributed by atoms with Crippen molar-refractivity contribution in [1.29, 1.82) is 0 Å². The van der Waals surface area contributed by atoms with Gasteiger partial charge in [-0.25, -0.2) is 0 Å². The molecular formula is C5H11K. The molecule has 0 heterocycles. The molecule has 0 aromatic rings. The Morgan fingerprint density at radius 2 is 1.83 bits per heavy atom. The largest absolute Gasteiger partial charge is 1.00 e. The smallest absolute Gasteiger partial charge is 0.341 e. The second-order valence-electron chi connectivity index (χ2n) is 1.51. The predicted molar refractivity (Wildman–Crippen MR) is 24.8 cm³/mol. The second-order valence-corrected chi connectivity index (χ2v) is 1.51. The van der Waals surface area contributed by atoms with Crippen molar-refractivity contribution in [3.05, 3.63) is 6.92 Å². The Bertz CT molecular complexity index is 17.9. The molecule has 1 heteroatoms. The van der Waals surface area contributed by atoms with E-state index in [4.69, 9.17) is 0 Å². The molecule has 0 aliphatic rings. The van der Waals surface area contributed by atoms with Gasteiger partial charge in [0.1, 0.15) is 0 Å². The van der Waals surface area contributed by atoms with Crippen LogP contribution in [0.1, 0.15) is 20.3 Å². The Morgan fingerprint density at radius 3 is 1.83 bits per heavy atom. The first-order valence-electron chi connectivity index (χ1n) is 2.10. The molecule has 1 unspecified atom stereocenters. The quantitative estimate of drug-likeness (QED) is 0.296. The third kappa shape index (κ3) is 9.16. The molecule has 0 aliphatic heterocycles. The molecule has 32 valence electrons. The van der Waals surface area contributed by atoms with Crippen molar-refractivity contribution in [2.75, 3.05) is 0 Å². The first-order valence-corrected chi connectivity index (χ1v) is 2.10. The third-order valence-corrected chi connectivity index (χ3v) is 0.697. The molecule has 0 saturated carbocycles. The summed E-state index contributed by atoms with van der Waals surface area (Å²) in [6.07, 6.45) is 1.19. The summed E-state index contributed by atoms with van der Waals surface area (Å²) in [5.41, 5.74) is 0. The van der Waals surface area contributed by atoms with Crippen LogP contribution in [0.15, 0.2) is 0 Å². The summed E-state index contributed by atoms with van der Waals surface area (Å²) in [6.45, 7) is 8.00. The van der Waals surface area contributed by atoms with Gasteiger partial charge in [0.15, 0.2) is 0 Å². The SMILES string of the molecule is [CH2-]C(C)CC.[K+]. The zero-order valence-corrected chi connectivity index (χ0v) is 8.11. The Hall–Kier alpha value is 1.64. The van der Waals surface area contributed by atoms with Crippen LogP contribution in [0.3, 0.4) is 0 Å². The van der Waals surface area contributed by atoms with Crippen LogP contribution >= 0.6 is 0 Å². The van der Waals surface area contributed by atoms with Gasteiger partial charge in [-0.3, -0.25) is 0 Å². The summed E-state index contributed by atoms with van der Waals surface area (Å²) < 4.78 is 0. The van der Waals surface area contributed by atoms with Gasteiger partial charge in [-0.1, -0.05) is 20.3 Å². The molecule has 0 saturated heterocycles. The van der Waals surface area contributed by atoms with Crippen molar-refractivity contribution in [2.45, 2.75) is 20.3 Å². The maximum atomic E-state index is 3.76. The third-order valence-electron chi connectivity index (χ3n) is 0.697. The van der Waals surface area contributed by atoms with Crippen molar-refractivity contribution in [3.8, 4) is 0 Å². The van der Waals surface area contributed by atoms with E-state index in [1.54, 1.807) is 0 Å². The Balaban J connectivity index is 0. The molecule has 0 aromatic carbocycles. The fraction of sp³-hybridized carbons (Fsp3) is 0.800. The zero-order valence-electron chi connectivity index (χ0n) is 4.99. The standard InChI is InChI=1S/C5H11.K/c1-4-5(2)3;/h5H,2,4H2,1,3H3;/q-1;+1. The van der Waals surface area contributed by atoms with E-state index in [1.807, 2.05) is 0 Å². The fourth-order valence-corrected chi connectivity index (χ4v) is 0. The first kappa shape index (κ1) is 10.6. The van der Waals surface area contributed by atoms with E-state index >= 15 is 0 Å². The minimum atomic E-state index is 0. The van der Waals surface area contributed by atoms with Crippen molar-refractivity contribution in [1.82, 2.24) is 0 Å². The summed E-state index contributed by atoms with van der Waals surface area (Å²) >= 11 is 0. The average Bonchev–Trinajstić information content (AvgIpc) is 1.38. The Labute approximate surface area is 83.1 Å². The summed E-state index contributed by atoms with van der Waals surface area (Å²) in [4.78, 5) is 0. The van der Waals surface area contributed by atoms with Gasteiger partial charge >= 0.3 is 51.4 Å². The van der Waals surface area contributed by atoms with Gasteiger partial charge in [0, 0.05) is 0 Å².